The number of aryl methyl sites for hydroxylation is 1. The zero-order valence-electron chi connectivity index (χ0n) is 11.4. The second-order valence-electron chi connectivity index (χ2n) is 4.52. The van der Waals surface area contributed by atoms with Crippen molar-refractivity contribution in [3.63, 3.8) is 0 Å². The summed E-state index contributed by atoms with van der Waals surface area (Å²) in [6.45, 7) is 2.53. The molecule has 2 aromatic heterocycles. The topological polar surface area (TPSA) is 60.9 Å². The van der Waals surface area contributed by atoms with Crippen LogP contribution in [0.2, 0.25) is 5.15 Å². The van der Waals surface area contributed by atoms with E-state index in [1.807, 2.05) is 37.3 Å². The van der Waals surface area contributed by atoms with Gasteiger partial charge in [-0.25, -0.2) is 9.36 Å². The summed E-state index contributed by atoms with van der Waals surface area (Å²) in [5.74, 6) is 0. The number of aromatic nitrogens is 5. The standard InChI is InChI=1S/C14H13ClN6/c1-11-13(7-18-20-9-16-17-10-20)14(15)21(19-11)8-12-5-3-2-4-6-12/h2-7,9-10H,8H2,1H3. The summed E-state index contributed by atoms with van der Waals surface area (Å²) in [5.41, 5.74) is 2.76. The van der Waals surface area contributed by atoms with Gasteiger partial charge in [-0.1, -0.05) is 41.9 Å². The van der Waals surface area contributed by atoms with E-state index >= 15 is 0 Å². The highest BCUT2D eigenvalue weighted by Gasteiger charge is 2.11. The predicted octanol–water partition coefficient (Wildman–Crippen LogP) is 2.37. The molecule has 21 heavy (non-hydrogen) atoms. The minimum Gasteiger partial charge on any atom is -0.249 e. The van der Waals surface area contributed by atoms with Crippen molar-refractivity contribution in [2.75, 3.05) is 0 Å². The Morgan fingerprint density at radius 2 is 1.90 bits per heavy atom. The highest BCUT2D eigenvalue weighted by atomic mass is 35.5. The average Bonchev–Trinajstić information content (AvgIpc) is 3.08. The molecule has 7 heteroatoms. The van der Waals surface area contributed by atoms with Gasteiger partial charge in [-0.2, -0.15) is 10.2 Å². The maximum absolute atomic E-state index is 6.39. The van der Waals surface area contributed by atoms with E-state index in [2.05, 4.69) is 20.4 Å². The lowest BCUT2D eigenvalue weighted by atomic mass is 10.2. The van der Waals surface area contributed by atoms with Crippen LogP contribution >= 0.6 is 11.6 Å². The van der Waals surface area contributed by atoms with E-state index in [4.69, 9.17) is 11.6 Å². The van der Waals surface area contributed by atoms with E-state index in [1.165, 1.54) is 17.3 Å². The van der Waals surface area contributed by atoms with Gasteiger partial charge in [0.1, 0.15) is 17.8 Å². The van der Waals surface area contributed by atoms with Gasteiger partial charge in [0.2, 0.25) is 0 Å². The zero-order valence-corrected chi connectivity index (χ0v) is 12.1. The number of nitrogens with zero attached hydrogens (tertiary/aromatic N) is 6. The minimum atomic E-state index is 0.563. The smallest absolute Gasteiger partial charge is 0.141 e. The number of hydrogen-bond donors (Lipinski definition) is 0. The fourth-order valence-corrected chi connectivity index (χ4v) is 2.24. The maximum atomic E-state index is 6.39. The molecule has 106 valence electrons. The third-order valence-corrected chi connectivity index (χ3v) is 3.41. The van der Waals surface area contributed by atoms with E-state index in [0.717, 1.165) is 16.8 Å². The molecule has 0 saturated heterocycles. The minimum absolute atomic E-state index is 0.563. The van der Waals surface area contributed by atoms with Crippen LogP contribution in [-0.2, 0) is 6.54 Å². The average molecular weight is 301 g/mol. The molecule has 0 N–H and O–H groups in total. The van der Waals surface area contributed by atoms with Crippen LogP contribution < -0.4 is 0 Å². The Morgan fingerprint density at radius 3 is 2.62 bits per heavy atom. The largest absolute Gasteiger partial charge is 0.249 e. The summed E-state index contributed by atoms with van der Waals surface area (Å²) in [7, 11) is 0. The van der Waals surface area contributed by atoms with E-state index in [-0.39, 0.29) is 0 Å². The molecule has 0 radical (unpaired) electrons. The van der Waals surface area contributed by atoms with Crippen LogP contribution in [0.4, 0.5) is 0 Å². The third kappa shape index (κ3) is 3.00. The first-order valence-electron chi connectivity index (χ1n) is 6.40. The molecule has 0 amide bonds. The Kier molecular flexibility index (Phi) is 3.79. The Bertz CT molecular complexity index is 745. The van der Waals surface area contributed by atoms with Gasteiger partial charge in [0.05, 0.1) is 24.0 Å². The molecule has 0 saturated carbocycles. The van der Waals surface area contributed by atoms with Crippen molar-refractivity contribution in [2.24, 2.45) is 5.10 Å². The molecule has 0 aliphatic carbocycles. The summed E-state index contributed by atoms with van der Waals surface area (Å²) in [6.07, 6.45) is 4.68. The SMILES string of the molecule is Cc1nn(Cc2ccccc2)c(Cl)c1C=Nn1cnnc1. The molecule has 6 nitrogen and oxygen atoms in total. The highest BCUT2D eigenvalue weighted by molar-refractivity contribution is 6.32. The van der Waals surface area contributed by atoms with Crippen LogP contribution in [0.15, 0.2) is 48.1 Å². The summed E-state index contributed by atoms with van der Waals surface area (Å²) in [5, 5.41) is 16.6. The van der Waals surface area contributed by atoms with Crippen molar-refractivity contribution in [2.45, 2.75) is 13.5 Å². The van der Waals surface area contributed by atoms with Crippen LogP contribution in [-0.4, -0.2) is 30.9 Å². The molecular weight excluding hydrogens is 288 g/mol. The molecule has 0 aliphatic heterocycles. The Labute approximate surface area is 126 Å². The molecule has 0 aliphatic rings. The fourth-order valence-electron chi connectivity index (χ4n) is 1.95. The second-order valence-corrected chi connectivity index (χ2v) is 4.88. The fraction of sp³-hybridized carbons (Fsp3) is 0.143. The normalized spacial score (nSPS) is 11.3. The van der Waals surface area contributed by atoms with Crippen LogP contribution in [0.25, 0.3) is 0 Å². The lowest BCUT2D eigenvalue weighted by Gasteiger charge is -2.03. The molecule has 3 aromatic rings. The molecule has 0 spiro atoms. The number of benzene rings is 1. The van der Waals surface area contributed by atoms with E-state index in [0.29, 0.717) is 11.7 Å². The Balaban J connectivity index is 1.86. The molecule has 3 rings (SSSR count). The number of rotatable bonds is 4. The maximum Gasteiger partial charge on any atom is 0.141 e. The van der Waals surface area contributed by atoms with Crippen molar-refractivity contribution in [3.05, 3.63) is 65.0 Å². The van der Waals surface area contributed by atoms with Crippen molar-refractivity contribution in [1.82, 2.24) is 24.7 Å². The molecular formula is C14H13ClN6. The van der Waals surface area contributed by atoms with Gasteiger partial charge in [-0.3, -0.25) is 0 Å². The van der Waals surface area contributed by atoms with Crippen molar-refractivity contribution in [1.29, 1.82) is 0 Å². The zero-order chi connectivity index (χ0) is 14.7. The van der Waals surface area contributed by atoms with Gasteiger partial charge >= 0.3 is 0 Å². The van der Waals surface area contributed by atoms with Crippen LogP contribution in [0.3, 0.4) is 0 Å². The summed E-state index contributed by atoms with van der Waals surface area (Å²) < 4.78 is 3.27. The Hall–Kier alpha value is -2.47. The summed E-state index contributed by atoms with van der Waals surface area (Å²) in [4.78, 5) is 0. The first-order chi connectivity index (χ1) is 10.2. The number of halogens is 1. The van der Waals surface area contributed by atoms with Crippen molar-refractivity contribution >= 4 is 17.8 Å². The lowest BCUT2D eigenvalue weighted by Crippen LogP contribution is -2.01. The summed E-state index contributed by atoms with van der Waals surface area (Å²) in [6, 6.07) is 10.1. The highest BCUT2D eigenvalue weighted by Crippen LogP contribution is 2.19. The first-order valence-corrected chi connectivity index (χ1v) is 6.77. The van der Waals surface area contributed by atoms with E-state index < -0.39 is 0 Å². The van der Waals surface area contributed by atoms with E-state index in [9.17, 15) is 0 Å². The van der Waals surface area contributed by atoms with Gasteiger partial charge in [-0.05, 0) is 12.5 Å². The van der Waals surface area contributed by atoms with Crippen molar-refractivity contribution < 1.29 is 0 Å². The van der Waals surface area contributed by atoms with Gasteiger partial charge in [0.25, 0.3) is 0 Å². The number of hydrogen-bond acceptors (Lipinski definition) is 4. The molecule has 1 aromatic carbocycles. The molecule has 0 fully saturated rings. The molecule has 2 heterocycles. The van der Waals surface area contributed by atoms with Crippen LogP contribution in [0.1, 0.15) is 16.8 Å². The lowest BCUT2D eigenvalue weighted by molar-refractivity contribution is 0.680. The second kappa shape index (κ2) is 5.88. The molecule has 0 atom stereocenters. The van der Waals surface area contributed by atoms with Gasteiger partial charge in [0, 0.05) is 0 Å². The monoisotopic (exact) mass is 300 g/mol. The van der Waals surface area contributed by atoms with Crippen LogP contribution in [0.5, 0.6) is 0 Å². The van der Waals surface area contributed by atoms with Crippen molar-refractivity contribution in [3.8, 4) is 0 Å². The van der Waals surface area contributed by atoms with Crippen LogP contribution in [0, 0.1) is 6.92 Å². The summed E-state index contributed by atoms with van der Waals surface area (Å²) >= 11 is 6.39. The van der Waals surface area contributed by atoms with Gasteiger partial charge in [0.15, 0.2) is 0 Å². The van der Waals surface area contributed by atoms with E-state index in [1.54, 1.807) is 10.9 Å². The van der Waals surface area contributed by atoms with Gasteiger partial charge < -0.3 is 0 Å². The molecule has 0 unspecified atom stereocenters. The van der Waals surface area contributed by atoms with Gasteiger partial charge in [-0.15, -0.1) is 10.2 Å². The quantitative estimate of drug-likeness (QED) is 0.695. The first kappa shape index (κ1) is 13.5. The Morgan fingerprint density at radius 1 is 1.19 bits per heavy atom. The third-order valence-electron chi connectivity index (χ3n) is 3.01. The predicted molar refractivity (Wildman–Crippen MR) is 80.5 cm³/mol. The molecule has 0 bridgehead atoms.